The second kappa shape index (κ2) is 6.75. The van der Waals surface area contributed by atoms with E-state index in [0.717, 1.165) is 15.1 Å². The molecule has 0 spiro atoms. The van der Waals surface area contributed by atoms with E-state index in [4.69, 9.17) is 11.6 Å². The number of nitrogens with one attached hydrogen (secondary N) is 1. The van der Waals surface area contributed by atoms with Crippen LogP contribution in [-0.2, 0) is 0 Å². The third-order valence-corrected chi connectivity index (χ3v) is 4.83. The summed E-state index contributed by atoms with van der Waals surface area (Å²) in [5.41, 5.74) is 3.65. The number of halogens is 2. The summed E-state index contributed by atoms with van der Waals surface area (Å²) in [7, 11) is 1.96. The lowest BCUT2D eigenvalue weighted by atomic mass is 9.95. The van der Waals surface area contributed by atoms with Crippen LogP contribution < -0.4 is 5.32 Å². The summed E-state index contributed by atoms with van der Waals surface area (Å²) in [6.45, 7) is 4.41. The van der Waals surface area contributed by atoms with E-state index in [0.29, 0.717) is 5.92 Å². The molecule has 2 aromatic rings. The molecule has 1 N–H and O–H groups in total. The van der Waals surface area contributed by atoms with Gasteiger partial charge in [0.15, 0.2) is 0 Å². The molecule has 20 heavy (non-hydrogen) atoms. The molecule has 0 aromatic heterocycles. The van der Waals surface area contributed by atoms with Crippen LogP contribution in [0.3, 0.4) is 0 Å². The maximum Gasteiger partial charge on any atom is 0.0599 e. The molecule has 0 saturated carbocycles. The topological polar surface area (TPSA) is 12.0 Å². The summed E-state index contributed by atoms with van der Waals surface area (Å²) in [5, 5.41) is 4.11. The Labute approximate surface area is 134 Å². The fourth-order valence-electron chi connectivity index (χ4n) is 2.32. The van der Waals surface area contributed by atoms with Gasteiger partial charge in [0, 0.05) is 4.47 Å². The van der Waals surface area contributed by atoms with E-state index in [1.165, 1.54) is 11.1 Å². The zero-order valence-electron chi connectivity index (χ0n) is 12.0. The molecule has 0 fully saturated rings. The molecule has 0 radical (unpaired) electrons. The van der Waals surface area contributed by atoms with Crippen LogP contribution >= 0.6 is 27.5 Å². The lowest BCUT2D eigenvalue weighted by Crippen LogP contribution is -2.18. The van der Waals surface area contributed by atoms with Crippen LogP contribution in [0.2, 0.25) is 5.02 Å². The van der Waals surface area contributed by atoms with Crippen molar-refractivity contribution in [2.45, 2.75) is 25.8 Å². The number of benzene rings is 2. The molecule has 0 heterocycles. The lowest BCUT2D eigenvalue weighted by Gasteiger charge is -2.20. The van der Waals surface area contributed by atoms with Crippen molar-refractivity contribution in [3.8, 4) is 0 Å². The van der Waals surface area contributed by atoms with Crippen molar-refractivity contribution in [1.82, 2.24) is 5.32 Å². The summed E-state index contributed by atoms with van der Waals surface area (Å²) in [4.78, 5) is 0. The molecule has 1 unspecified atom stereocenters. The molecule has 2 rings (SSSR count). The Morgan fingerprint density at radius 1 is 1.00 bits per heavy atom. The van der Waals surface area contributed by atoms with Crippen LogP contribution in [0.5, 0.6) is 0 Å². The zero-order chi connectivity index (χ0) is 14.7. The largest absolute Gasteiger partial charge is 0.309 e. The van der Waals surface area contributed by atoms with Gasteiger partial charge in [-0.2, -0.15) is 0 Å². The first-order valence-electron chi connectivity index (χ1n) is 6.75. The molecular weight excluding hydrogens is 334 g/mol. The van der Waals surface area contributed by atoms with Gasteiger partial charge in [-0.25, -0.2) is 0 Å². The Kier molecular flexibility index (Phi) is 5.25. The fourth-order valence-corrected chi connectivity index (χ4v) is 2.94. The van der Waals surface area contributed by atoms with Crippen LogP contribution in [0, 0.1) is 0 Å². The molecule has 0 aliphatic heterocycles. The van der Waals surface area contributed by atoms with E-state index in [1.807, 2.05) is 19.2 Å². The summed E-state index contributed by atoms with van der Waals surface area (Å²) < 4.78 is 0.927. The first kappa shape index (κ1) is 15.6. The molecule has 0 bridgehead atoms. The standard InChI is InChI=1S/C17H19BrClN/c1-11(2)12-7-9-13(10-8-12)17(20-3)14-5-4-6-15(18)16(14)19/h4-11,17,20H,1-3H3. The molecule has 0 saturated heterocycles. The van der Waals surface area contributed by atoms with Crippen molar-refractivity contribution in [2.75, 3.05) is 7.05 Å². The van der Waals surface area contributed by atoms with E-state index >= 15 is 0 Å². The van der Waals surface area contributed by atoms with Gasteiger partial charge in [0.25, 0.3) is 0 Å². The monoisotopic (exact) mass is 351 g/mol. The predicted molar refractivity (Wildman–Crippen MR) is 90.6 cm³/mol. The Morgan fingerprint density at radius 2 is 1.60 bits per heavy atom. The molecule has 1 atom stereocenters. The quantitative estimate of drug-likeness (QED) is 0.762. The molecule has 3 heteroatoms. The minimum absolute atomic E-state index is 0.0983. The highest BCUT2D eigenvalue weighted by Crippen LogP contribution is 2.33. The predicted octanol–water partition coefficient (Wildman–Crippen LogP) is 5.53. The molecule has 0 amide bonds. The Bertz CT molecular complexity index is 578. The third kappa shape index (κ3) is 3.25. The summed E-state index contributed by atoms with van der Waals surface area (Å²) in [6, 6.07) is 14.9. The van der Waals surface area contributed by atoms with Crippen LogP contribution in [0.15, 0.2) is 46.9 Å². The van der Waals surface area contributed by atoms with E-state index in [2.05, 4.69) is 65.4 Å². The van der Waals surface area contributed by atoms with Crippen molar-refractivity contribution in [2.24, 2.45) is 0 Å². The Hall–Kier alpha value is -0.830. The zero-order valence-corrected chi connectivity index (χ0v) is 14.3. The van der Waals surface area contributed by atoms with Gasteiger partial charge in [0.2, 0.25) is 0 Å². The molecule has 106 valence electrons. The molecular formula is C17H19BrClN. The molecule has 1 nitrogen and oxygen atoms in total. The van der Waals surface area contributed by atoms with Gasteiger partial charge in [-0.1, -0.05) is 61.8 Å². The van der Waals surface area contributed by atoms with Crippen LogP contribution in [0.4, 0.5) is 0 Å². The van der Waals surface area contributed by atoms with Crippen molar-refractivity contribution in [1.29, 1.82) is 0 Å². The second-order valence-electron chi connectivity index (χ2n) is 5.19. The summed E-state index contributed by atoms with van der Waals surface area (Å²) in [5.74, 6) is 0.548. The first-order valence-corrected chi connectivity index (χ1v) is 7.92. The van der Waals surface area contributed by atoms with E-state index in [9.17, 15) is 0 Å². The maximum atomic E-state index is 6.41. The minimum Gasteiger partial charge on any atom is -0.309 e. The minimum atomic E-state index is 0.0983. The molecule has 2 aromatic carbocycles. The van der Waals surface area contributed by atoms with Gasteiger partial charge in [-0.05, 0) is 51.7 Å². The van der Waals surface area contributed by atoms with Crippen molar-refractivity contribution in [3.05, 3.63) is 68.7 Å². The van der Waals surface area contributed by atoms with E-state index in [1.54, 1.807) is 0 Å². The van der Waals surface area contributed by atoms with Gasteiger partial charge >= 0.3 is 0 Å². The summed E-state index contributed by atoms with van der Waals surface area (Å²) in [6.07, 6.45) is 0. The molecule has 0 aliphatic carbocycles. The second-order valence-corrected chi connectivity index (χ2v) is 6.42. The van der Waals surface area contributed by atoms with Gasteiger partial charge in [-0.15, -0.1) is 0 Å². The number of hydrogen-bond acceptors (Lipinski definition) is 1. The van der Waals surface area contributed by atoms with E-state index < -0.39 is 0 Å². The first-order chi connectivity index (χ1) is 9.54. The van der Waals surface area contributed by atoms with E-state index in [-0.39, 0.29) is 6.04 Å². The lowest BCUT2D eigenvalue weighted by molar-refractivity contribution is 0.690. The third-order valence-electron chi connectivity index (χ3n) is 3.52. The van der Waals surface area contributed by atoms with Gasteiger partial charge in [-0.3, -0.25) is 0 Å². The van der Waals surface area contributed by atoms with Crippen molar-refractivity contribution >= 4 is 27.5 Å². The smallest absolute Gasteiger partial charge is 0.0599 e. The SMILES string of the molecule is CNC(c1ccc(C(C)C)cc1)c1cccc(Br)c1Cl. The van der Waals surface area contributed by atoms with Gasteiger partial charge in [0.1, 0.15) is 0 Å². The number of rotatable bonds is 4. The average Bonchev–Trinajstić information content (AvgIpc) is 2.45. The Morgan fingerprint density at radius 3 is 2.15 bits per heavy atom. The van der Waals surface area contributed by atoms with Gasteiger partial charge in [0.05, 0.1) is 11.1 Å². The average molecular weight is 353 g/mol. The summed E-state index contributed by atoms with van der Waals surface area (Å²) >= 11 is 9.90. The molecule has 0 aliphatic rings. The fraction of sp³-hybridized carbons (Fsp3) is 0.294. The maximum absolute atomic E-state index is 6.41. The van der Waals surface area contributed by atoms with Crippen LogP contribution in [0.25, 0.3) is 0 Å². The van der Waals surface area contributed by atoms with Crippen LogP contribution in [-0.4, -0.2) is 7.05 Å². The highest BCUT2D eigenvalue weighted by atomic mass is 79.9. The van der Waals surface area contributed by atoms with Crippen LogP contribution in [0.1, 0.15) is 42.5 Å². The normalized spacial score (nSPS) is 12.7. The highest BCUT2D eigenvalue weighted by molar-refractivity contribution is 9.10. The number of hydrogen-bond donors (Lipinski definition) is 1. The van der Waals surface area contributed by atoms with Gasteiger partial charge < -0.3 is 5.32 Å². The van der Waals surface area contributed by atoms with Crippen molar-refractivity contribution in [3.63, 3.8) is 0 Å². The van der Waals surface area contributed by atoms with Crippen molar-refractivity contribution < 1.29 is 0 Å². The highest BCUT2D eigenvalue weighted by Gasteiger charge is 2.16. The Balaban J connectivity index is 2.39.